The molecule has 0 radical (unpaired) electrons. The van der Waals surface area contributed by atoms with Crippen molar-refractivity contribution in [1.82, 2.24) is 0 Å². The van der Waals surface area contributed by atoms with Gasteiger partial charge in [-0.25, -0.2) is 0 Å². The minimum Gasteiger partial charge on any atom is -0.489 e. The number of rotatable bonds is 6. The van der Waals surface area contributed by atoms with Crippen LogP contribution in [0, 0.1) is 0 Å². The molecule has 1 aromatic rings. The summed E-state index contributed by atoms with van der Waals surface area (Å²) in [6.45, 7) is 20.5. The molecule has 0 aromatic heterocycles. The molecule has 2 nitrogen and oxygen atoms in total. The summed E-state index contributed by atoms with van der Waals surface area (Å²) >= 11 is 6.85. The average Bonchev–Trinajstić information content (AvgIpc) is 2.40. The van der Waals surface area contributed by atoms with Gasteiger partial charge in [-0.15, -0.1) is 0 Å². The van der Waals surface area contributed by atoms with Gasteiger partial charge >= 0.3 is 0 Å². The zero-order valence-corrected chi connectivity index (χ0v) is 18.6. The Morgan fingerprint density at radius 2 is 1.91 bits per heavy atom. The van der Waals surface area contributed by atoms with Gasteiger partial charge in [0.15, 0.2) is 7.38 Å². The van der Waals surface area contributed by atoms with E-state index in [1.54, 1.807) is 6.08 Å². The molecule has 5 heteroatoms. The highest BCUT2D eigenvalue weighted by Crippen LogP contribution is 2.35. The Morgan fingerprint density at radius 1 is 1.35 bits per heavy atom. The van der Waals surface area contributed by atoms with Crippen LogP contribution < -0.4 is 20.8 Å². The van der Waals surface area contributed by atoms with E-state index in [2.05, 4.69) is 59.6 Å². The molecule has 0 bridgehead atoms. The van der Waals surface area contributed by atoms with Crippen molar-refractivity contribution in [1.29, 1.82) is 0 Å². The Balaban J connectivity index is 3.90. The van der Waals surface area contributed by atoms with Crippen LogP contribution in [-0.2, 0) is 12.0 Å². The first kappa shape index (κ1) is 20.5. The number of nitrogens with two attached hydrogens (primary N) is 1. The molecular weight excluding hydrogens is 338 g/mol. The van der Waals surface area contributed by atoms with Crippen molar-refractivity contribution < 1.29 is 4.74 Å². The highest BCUT2D eigenvalue weighted by Gasteiger charge is 2.33. The van der Waals surface area contributed by atoms with E-state index in [1.165, 1.54) is 21.5 Å². The molecule has 0 unspecified atom stereocenters. The molecule has 0 amide bonds. The van der Waals surface area contributed by atoms with Crippen LogP contribution in [0.2, 0.25) is 26.2 Å². The molecule has 130 valence electrons. The van der Waals surface area contributed by atoms with Crippen LogP contribution in [-0.4, -0.2) is 22.8 Å². The molecule has 2 N–H and O–H groups in total. The predicted octanol–water partition coefficient (Wildman–Crippen LogP) is 3.35. The van der Waals surface area contributed by atoms with Gasteiger partial charge in [0.05, 0.1) is 8.80 Å². The summed E-state index contributed by atoms with van der Waals surface area (Å²) in [5.41, 5.74) is 8.62. The topological polar surface area (TPSA) is 35.2 Å². The van der Waals surface area contributed by atoms with E-state index in [0.717, 1.165) is 5.75 Å². The van der Waals surface area contributed by atoms with Gasteiger partial charge in [-0.05, 0) is 16.2 Å². The van der Waals surface area contributed by atoms with Crippen LogP contribution in [0.1, 0.15) is 31.9 Å². The van der Waals surface area contributed by atoms with Gasteiger partial charge in [-0.3, -0.25) is 0 Å². The maximum absolute atomic E-state index is 6.85. The normalized spacial score (nSPS) is 12.6. The third kappa shape index (κ3) is 4.72. The average molecular weight is 370 g/mol. The Labute approximate surface area is 149 Å². The van der Waals surface area contributed by atoms with Gasteiger partial charge < -0.3 is 10.5 Å². The maximum atomic E-state index is 6.85. The third-order valence-corrected chi connectivity index (χ3v) is 8.01. The summed E-state index contributed by atoms with van der Waals surface area (Å²) in [5, 5.41) is 2.62. The van der Waals surface area contributed by atoms with Crippen LogP contribution in [0.25, 0.3) is 0 Å². The Kier molecular flexibility index (Phi) is 6.73. The van der Waals surface area contributed by atoms with Crippen molar-refractivity contribution in [2.75, 3.05) is 6.61 Å². The summed E-state index contributed by atoms with van der Waals surface area (Å²) in [6.07, 6.45) is 1.78. The monoisotopic (exact) mass is 369 g/mol. The fraction of sp³-hybridized carbons (Fsp3) is 0.556. The second-order valence-corrected chi connectivity index (χ2v) is 17.1. The molecule has 0 aliphatic heterocycles. The smallest absolute Gasteiger partial charge is 0.185 e. The van der Waals surface area contributed by atoms with Crippen molar-refractivity contribution in [2.24, 2.45) is 5.73 Å². The lowest BCUT2D eigenvalue weighted by Gasteiger charge is -2.32. The molecule has 0 heterocycles. The van der Waals surface area contributed by atoms with E-state index in [1.807, 2.05) is 0 Å². The molecule has 0 atom stereocenters. The van der Waals surface area contributed by atoms with Gasteiger partial charge in [-0.2, -0.15) is 11.1 Å². The lowest BCUT2D eigenvalue weighted by Crippen LogP contribution is -2.44. The zero-order chi connectivity index (χ0) is 18.0. The van der Waals surface area contributed by atoms with Crippen molar-refractivity contribution in [3.8, 4) is 5.75 Å². The van der Waals surface area contributed by atoms with Crippen molar-refractivity contribution in [3.63, 3.8) is 0 Å². The quantitative estimate of drug-likeness (QED) is 0.474. The minimum atomic E-state index is -2.06. The van der Waals surface area contributed by atoms with Gasteiger partial charge in [0.1, 0.15) is 12.4 Å². The van der Waals surface area contributed by atoms with Gasteiger partial charge in [0, 0.05) is 12.1 Å². The standard InChI is InChI=1S/C18H32ClNOSi2/c1-9-10-21-17-15(23(7,8)19)11-14(22(5)6)13(12-20)16(17)18(2,3)4/h9,11,22H,1,10,12,20H2,2-8H3. The van der Waals surface area contributed by atoms with Crippen LogP contribution >= 0.6 is 11.1 Å². The number of hydrogen-bond acceptors (Lipinski definition) is 2. The number of benzene rings is 1. The first-order valence-corrected chi connectivity index (χ1v) is 15.2. The molecule has 0 saturated carbocycles. The molecule has 0 fully saturated rings. The van der Waals surface area contributed by atoms with Crippen molar-refractivity contribution >= 4 is 37.6 Å². The lowest BCUT2D eigenvalue weighted by molar-refractivity contribution is 0.353. The van der Waals surface area contributed by atoms with Gasteiger partial charge in [0.25, 0.3) is 0 Å². The Bertz CT molecular complexity index is 572. The summed E-state index contributed by atoms with van der Waals surface area (Å²) in [6, 6.07) is 2.30. The largest absolute Gasteiger partial charge is 0.489 e. The van der Waals surface area contributed by atoms with E-state index in [9.17, 15) is 0 Å². The summed E-state index contributed by atoms with van der Waals surface area (Å²) in [7, 11) is -3.08. The summed E-state index contributed by atoms with van der Waals surface area (Å²) < 4.78 is 6.14. The molecule has 0 saturated heterocycles. The van der Waals surface area contributed by atoms with Gasteiger partial charge in [0.2, 0.25) is 0 Å². The third-order valence-electron chi connectivity index (χ3n) is 3.98. The van der Waals surface area contributed by atoms with Crippen LogP contribution in [0.3, 0.4) is 0 Å². The molecule has 23 heavy (non-hydrogen) atoms. The van der Waals surface area contributed by atoms with E-state index >= 15 is 0 Å². The number of ether oxygens (including phenoxy) is 1. The molecule has 1 aromatic carbocycles. The Hall–Kier alpha value is -0.556. The van der Waals surface area contributed by atoms with E-state index in [4.69, 9.17) is 21.5 Å². The van der Waals surface area contributed by atoms with E-state index in [0.29, 0.717) is 13.2 Å². The van der Waals surface area contributed by atoms with Crippen molar-refractivity contribution in [2.45, 2.75) is 58.9 Å². The molecule has 0 aliphatic rings. The molecule has 0 aliphatic carbocycles. The lowest BCUT2D eigenvalue weighted by atomic mass is 9.82. The number of hydrogen-bond donors (Lipinski definition) is 1. The second kappa shape index (κ2) is 7.55. The second-order valence-electron chi connectivity index (χ2n) is 7.88. The molecular formula is C18H32ClNOSi2. The van der Waals surface area contributed by atoms with Gasteiger partial charge in [-0.1, -0.05) is 70.9 Å². The van der Waals surface area contributed by atoms with Crippen LogP contribution in [0.5, 0.6) is 5.75 Å². The minimum absolute atomic E-state index is 0.0458. The Morgan fingerprint density at radius 3 is 2.26 bits per heavy atom. The highest BCUT2D eigenvalue weighted by atomic mass is 35.6. The predicted molar refractivity (Wildman–Crippen MR) is 110 cm³/mol. The fourth-order valence-electron chi connectivity index (χ4n) is 2.99. The maximum Gasteiger partial charge on any atom is 0.185 e. The zero-order valence-electron chi connectivity index (χ0n) is 15.7. The van der Waals surface area contributed by atoms with E-state index < -0.39 is 16.2 Å². The van der Waals surface area contributed by atoms with Crippen LogP contribution in [0.4, 0.5) is 0 Å². The summed E-state index contributed by atoms with van der Waals surface area (Å²) in [5.74, 6) is 0.947. The highest BCUT2D eigenvalue weighted by molar-refractivity contribution is 7.26. The van der Waals surface area contributed by atoms with Crippen molar-refractivity contribution in [3.05, 3.63) is 29.8 Å². The fourth-order valence-corrected chi connectivity index (χ4v) is 6.27. The van der Waals surface area contributed by atoms with Crippen LogP contribution in [0.15, 0.2) is 18.7 Å². The number of halogens is 1. The van der Waals surface area contributed by atoms with E-state index in [-0.39, 0.29) is 5.41 Å². The molecule has 0 spiro atoms. The first-order valence-electron chi connectivity index (χ1n) is 8.28. The SMILES string of the molecule is C=CCOc1c([Si](C)(C)Cl)cc([SiH](C)C)c(CN)c1C(C)(C)C. The first-order chi connectivity index (χ1) is 10.4. The summed E-state index contributed by atoms with van der Waals surface area (Å²) in [4.78, 5) is 0. The molecule has 1 rings (SSSR count).